The zero-order valence-corrected chi connectivity index (χ0v) is 16.6. The largest absolute Gasteiger partial charge is 0.508 e. The van der Waals surface area contributed by atoms with Crippen LogP contribution in [0.4, 0.5) is 5.69 Å². The van der Waals surface area contributed by atoms with Gasteiger partial charge in [0.25, 0.3) is 5.91 Å². The molecule has 2 aromatic rings. The summed E-state index contributed by atoms with van der Waals surface area (Å²) in [6, 6.07) is 6.20. The van der Waals surface area contributed by atoms with E-state index in [0.29, 0.717) is 22.7 Å². The van der Waals surface area contributed by atoms with E-state index in [0.717, 1.165) is 5.56 Å². The van der Waals surface area contributed by atoms with Crippen molar-refractivity contribution in [2.45, 2.75) is 46.1 Å². The Labute approximate surface area is 164 Å². The lowest BCUT2D eigenvalue weighted by atomic mass is 10.0. The molecule has 27 heavy (non-hydrogen) atoms. The number of anilines is 1. The number of carbonyl (C=O) groups is 2. The van der Waals surface area contributed by atoms with Gasteiger partial charge in [0.1, 0.15) is 11.4 Å². The molecule has 7 heteroatoms. The van der Waals surface area contributed by atoms with Crippen molar-refractivity contribution in [1.29, 1.82) is 0 Å². The Morgan fingerprint density at radius 1 is 1.19 bits per heavy atom. The molecule has 0 radical (unpaired) electrons. The molecule has 0 spiro atoms. The molecule has 0 fully saturated rings. The molecule has 3 N–H and O–H groups in total. The van der Waals surface area contributed by atoms with Crippen molar-refractivity contribution < 1.29 is 14.7 Å². The maximum Gasteiger partial charge on any atom is 0.270 e. The van der Waals surface area contributed by atoms with Gasteiger partial charge in [0.15, 0.2) is 0 Å². The van der Waals surface area contributed by atoms with Gasteiger partial charge in [0.05, 0.1) is 6.42 Å². The van der Waals surface area contributed by atoms with Gasteiger partial charge in [-0.3, -0.25) is 14.6 Å². The fourth-order valence-electron chi connectivity index (χ4n) is 2.63. The van der Waals surface area contributed by atoms with Gasteiger partial charge in [-0.1, -0.05) is 18.5 Å². The topological polar surface area (TPSA) is 91.3 Å². The summed E-state index contributed by atoms with van der Waals surface area (Å²) in [6.45, 7) is 7.53. The first-order chi connectivity index (χ1) is 12.6. The van der Waals surface area contributed by atoms with Crippen LogP contribution in [-0.4, -0.2) is 27.4 Å². The number of hydrogen-bond acceptors (Lipinski definition) is 4. The van der Waals surface area contributed by atoms with Crippen molar-refractivity contribution in [3.63, 3.8) is 0 Å². The smallest absolute Gasteiger partial charge is 0.270 e. The van der Waals surface area contributed by atoms with Gasteiger partial charge < -0.3 is 15.7 Å². The lowest BCUT2D eigenvalue weighted by Gasteiger charge is -2.20. The molecule has 0 atom stereocenters. The van der Waals surface area contributed by atoms with E-state index in [4.69, 9.17) is 11.6 Å². The molecule has 1 aromatic heterocycles. The highest BCUT2D eigenvalue weighted by Gasteiger charge is 2.18. The van der Waals surface area contributed by atoms with Crippen molar-refractivity contribution in [2.24, 2.45) is 0 Å². The summed E-state index contributed by atoms with van der Waals surface area (Å²) >= 11 is 6.16. The molecule has 0 aliphatic carbocycles. The van der Waals surface area contributed by atoms with Gasteiger partial charge in [0.2, 0.25) is 5.91 Å². The minimum absolute atomic E-state index is 0.0264. The number of pyridine rings is 1. The molecule has 0 unspecified atom stereocenters. The number of rotatable bonds is 5. The number of nitrogens with one attached hydrogen (secondary N) is 2. The van der Waals surface area contributed by atoms with Gasteiger partial charge in [0, 0.05) is 28.0 Å². The van der Waals surface area contributed by atoms with Crippen molar-refractivity contribution in [3.05, 3.63) is 52.3 Å². The van der Waals surface area contributed by atoms with Crippen LogP contribution in [0, 0.1) is 0 Å². The summed E-state index contributed by atoms with van der Waals surface area (Å²) in [4.78, 5) is 28.7. The SMILES string of the molecule is CCc1c(Cl)ccc(O)c1CC(=O)Nc1ccnc(C(=O)NC(C)(C)C)c1. The van der Waals surface area contributed by atoms with Crippen LogP contribution in [-0.2, 0) is 17.6 Å². The Balaban J connectivity index is 2.15. The van der Waals surface area contributed by atoms with Gasteiger partial charge in [-0.05, 0) is 57.0 Å². The predicted molar refractivity (Wildman–Crippen MR) is 106 cm³/mol. The minimum Gasteiger partial charge on any atom is -0.508 e. The molecule has 0 bridgehead atoms. The minimum atomic E-state index is -0.390. The maximum absolute atomic E-state index is 12.4. The Morgan fingerprint density at radius 2 is 1.89 bits per heavy atom. The van der Waals surface area contributed by atoms with Crippen molar-refractivity contribution in [3.8, 4) is 5.75 Å². The molecule has 0 aliphatic rings. The van der Waals surface area contributed by atoms with Crippen molar-refractivity contribution in [1.82, 2.24) is 10.3 Å². The number of aromatic hydroxyl groups is 1. The molecular formula is C20H24ClN3O3. The second-order valence-electron chi connectivity index (χ2n) is 7.24. The third kappa shape index (κ3) is 5.69. The van der Waals surface area contributed by atoms with Crippen LogP contribution in [0.2, 0.25) is 5.02 Å². The summed E-state index contributed by atoms with van der Waals surface area (Å²) in [5, 5.41) is 16.2. The number of carbonyl (C=O) groups excluding carboxylic acids is 2. The molecule has 1 heterocycles. The molecular weight excluding hydrogens is 366 g/mol. The van der Waals surface area contributed by atoms with Gasteiger partial charge in [-0.15, -0.1) is 0 Å². The van der Waals surface area contributed by atoms with E-state index in [1.54, 1.807) is 12.1 Å². The quantitative estimate of drug-likeness (QED) is 0.726. The van der Waals surface area contributed by atoms with E-state index in [1.807, 2.05) is 27.7 Å². The average Bonchev–Trinajstić information content (AvgIpc) is 2.57. The number of hydrogen-bond donors (Lipinski definition) is 3. The van der Waals surface area contributed by atoms with Crippen LogP contribution in [0.3, 0.4) is 0 Å². The summed E-state index contributed by atoms with van der Waals surface area (Å²) in [6.07, 6.45) is 2.03. The summed E-state index contributed by atoms with van der Waals surface area (Å²) in [5.41, 5.74) is 1.52. The summed E-state index contributed by atoms with van der Waals surface area (Å²) < 4.78 is 0. The fourth-order valence-corrected chi connectivity index (χ4v) is 2.95. The third-order valence-electron chi connectivity index (χ3n) is 3.81. The fraction of sp³-hybridized carbons (Fsp3) is 0.350. The molecule has 2 amide bonds. The van der Waals surface area contributed by atoms with Crippen molar-refractivity contribution >= 4 is 29.1 Å². The van der Waals surface area contributed by atoms with Gasteiger partial charge >= 0.3 is 0 Å². The van der Waals surface area contributed by atoms with E-state index >= 15 is 0 Å². The van der Waals surface area contributed by atoms with Crippen molar-refractivity contribution in [2.75, 3.05) is 5.32 Å². The Bertz CT molecular complexity index is 860. The van der Waals surface area contributed by atoms with Crippen LogP contribution >= 0.6 is 11.6 Å². The normalized spacial score (nSPS) is 11.1. The molecule has 0 saturated heterocycles. The monoisotopic (exact) mass is 389 g/mol. The van der Waals surface area contributed by atoms with Crippen LogP contribution in [0.15, 0.2) is 30.5 Å². The number of nitrogens with zero attached hydrogens (tertiary/aromatic N) is 1. The first-order valence-corrected chi connectivity index (χ1v) is 9.06. The summed E-state index contributed by atoms with van der Waals surface area (Å²) in [5.74, 6) is -0.610. The van der Waals surface area contributed by atoms with E-state index in [9.17, 15) is 14.7 Å². The van der Waals surface area contributed by atoms with E-state index < -0.39 is 5.54 Å². The highest BCUT2D eigenvalue weighted by atomic mass is 35.5. The van der Waals surface area contributed by atoms with Gasteiger partial charge in [-0.2, -0.15) is 0 Å². The number of benzene rings is 1. The zero-order valence-electron chi connectivity index (χ0n) is 15.9. The van der Waals surface area contributed by atoms with Crippen LogP contribution in [0.25, 0.3) is 0 Å². The van der Waals surface area contributed by atoms with E-state index in [-0.39, 0.29) is 29.7 Å². The maximum atomic E-state index is 12.4. The van der Waals surface area contributed by atoms with E-state index in [1.165, 1.54) is 18.3 Å². The first-order valence-electron chi connectivity index (χ1n) is 8.68. The second-order valence-corrected chi connectivity index (χ2v) is 7.64. The predicted octanol–water partition coefficient (Wildman–Crippen LogP) is 3.71. The van der Waals surface area contributed by atoms with Crippen LogP contribution in [0.5, 0.6) is 5.75 Å². The number of aromatic nitrogens is 1. The highest BCUT2D eigenvalue weighted by Crippen LogP contribution is 2.29. The number of phenols is 1. The lowest BCUT2D eigenvalue weighted by molar-refractivity contribution is -0.115. The molecule has 0 aliphatic heterocycles. The van der Waals surface area contributed by atoms with Crippen LogP contribution in [0.1, 0.15) is 49.3 Å². The number of phenolic OH excluding ortho intramolecular Hbond substituents is 1. The van der Waals surface area contributed by atoms with Crippen LogP contribution < -0.4 is 10.6 Å². The average molecular weight is 390 g/mol. The molecule has 0 saturated carbocycles. The molecule has 2 rings (SSSR count). The third-order valence-corrected chi connectivity index (χ3v) is 4.16. The zero-order chi connectivity index (χ0) is 20.2. The Kier molecular flexibility index (Phi) is 6.44. The second kappa shape index (κ2) is 8.39. The molecule has 144 valence electrons. The molecule has 6 nitrogen and oxygen atoms in total. The van der Waals surface area contributed by atoms with Gasteiger partial charge in [-0.25, -0.2) is 0 Å². The van der Waals surface area contributed by atoms with E-state index in [2.05, 4.69) is 15.6 Å². The molecule has 1 aromatic carbocycles. The first kappa shape index (κ1) is 20.7. The Morgan fingerprint density at radius 3 is 2.52 bits per heavy atom. The number of halogens is 1. The number of amides is 2. The Hall–Kier alpha value is -2.60. The highest BCUT2D eigenvalue weighted by molar-refractivity contribution is 6.31. The summed E-state index contributed by atoms with van der Waals surface area (Å²) in [7, 11) is 0. The standard InChI is InChI=1S/C20H24ClN3O3/c1-5-13-14(17(25)7-6-15(13)21)11-18(26)23-12-8-9-22-16(10-12)19(27)24-20(2,3)4/h6-10,25H,5,11H2,1-4H3,(H,24,27)(H,22,23,26). The lowest BCUT2D eigenvalue weighted by Crippen LogP contribution is -2.40.